The molecule has 19 heavy (non-hydrogen) atoms. The van der Waals surface area contributed by atoms with Crippen molar-refractivity contribution in [2.75, 3.05) is 5.32 Å². The summed E-state index contributed by atoms with van der Waals surface area (Å²) in [5.41, 5.74) is 9.68. The number of azide groups is 1. The van der Waals surface area contributed by atoms with Gasteiger partial charge in [0.05, 0.1) is 5.69 Å². The van der Waals surface area contributed by atoms with Crippen LogP contribution in [-0.4, -0.2) is 5.91 Å². The normalized spacial score (nSPS) is 9.53. The molecule has 0 unspecified atom stereocenters. The Morgan fingerprint density at radius 1 is 1.16 bits per heavy atom. The molecule has 94 valence electrons. The van der Waals surface area contributed by atoms with E-state index in [0.717, 1.165) is 0 Å². The van der Waals surface area contributed by atoms with Crippen LogP contribution in [0, 0.1) is 0 Å². The first-order valence-electron chi connectivity index (χ1n) is 5.42. The van der Waals surface area contributed by atoms with Crippen LogP contribution in [0.1, 0.15) is 10.4 Å². The van der Waals surface area contributed by atoms with E-state index < -0.39 is 0 Å². The molecular weight excluding hydrogens is 264 g/mol. The number of benzene rings is 2. The quantitative estimate of drug-likeness (QED) is 0.497. The molecule has 1 N–H and O–H groups in total. The van der Waals surface area contributed by atoms with E-state index in [0.29, 0.717) is 16.3 Å². The molecule has 0 radical (unpaired) electrons. The summed E-state index contributed by atoms with van der Waals surface area (Å²) in [4.78, 5) is 14.8. The number of hydrogen-bond donors (Lipinski definition) is 1. The topological polar surface area (TPSA) is 77.9 Å². The van der Waals surface area contributed by atoms with E-state index in [-0.39, 0.29) is 11.6 Å². The second-order valence-corrected chi connectivity index (χ2v) is 4.10. The number of nitrogens with zero attached hydrogens (tertiary/aromatic N) is 3. The monoisotopic (exact) mass is 272 g/mol. The summed E-state index contributed by atoms with van der Waals surface area (Å²) in [6, 6.07) is 13.3. The van der Waals surface area contributed by atoms with Crippen molar-refractivity contribution in [3.63, 3.8) is 0 Å². The maximum Gasteiger partial charge on any atom is 0.256 e. The van der Waals surface area contributed by atoms with Crippen LogP contribution >= 0.6 is 11.6 Å². The van der Waals surface area contributed by atoms with E-state index in [1.54, 1.807) is 48.5 Å². The Bertz CT molecular complexity index is 648. The van der Waals surface area contributed by atoms with E-state index >= 15 is 0 Å². The molecule has 0 aromatic heterocycles. The Labute approximate surface area is 114 Å². The van der Waals surface area contributed by atoms with E-state index in [9.17, 15) is 4.79 Å². The predicted molar refractivity (Wildman–Crippen MR) is 74.7 cm³/mol. The van der Waals surface area contributed by atoms with Gasteiger partial charge in [0.1, 0.15) is 0 Å². The minimum absolute atomic E-state index is 0.288. The molecular formula is C13H9ClN4O. The fourth-order valence-corrected chi connectivity index (χ4v) is 1.66. The molecule has 0 aliphatic rings. The van der Waals surface area contributed by atoms with Crippen LogP contribution in [0.15, 0.2) is 53.6 Å². The van der Waals surface area contributed by atoms with Crippen LogP contribution in [0.25, 0.3) is 10.4 Å². The number of anilines is 1. The Morgan fingerprint density at radius 3 is 2.53 bits per heavy atom. The van der Waals surface area contributed by atoms with Gasteiger partial charge in [-0.3, -0.25) is 4.79 Å². The number of nitrogens with one attached hydrogen (secondary N) is 1. The molecule has 0 saturated heterocycles. The van der Waals surface area contributed by atoms with Crippen LogP contribution in [-0.2, 0) is 0 Å². The molecule has 0 saturated carbocycles. The summed E-state index contributed by atoms with van der Waals surface area (Å²) in [6.45, 7) is 0. The average molecular weight is 273 g/mol. The van der Waals surface area contributed by atoms with Crippen molar-refractivity contribution < 1.29 is 4.79 Å². The molecule has 5 nitrogen and oxygen atoms in total. The molecule has 0 heterocycles. The third-order valence-corrected chi connectivity index (χ3v) is 2.66. The highest BCUT2D eigenvalue weighted by Gasteiger charge is 2.09. The number of hydrogen-bond acceptors (Lipinski definition) is 2. The third kappa shape index (κ3) is 3.25. The number of carbonyl (C=O) groups is 1. The standard InChI is InChI=1S/C13H9ClN4O/c14-9-5-7-10(8-6-9)16-13(19)11-3-1-2-4-12(11)17-18-15/h1-8H,(H,16,19). The van der Waals surface area contributed by atoms with E-state index in [1.807, 2.05) is 0 Å². The van der Waals surface area contributed by atoms with Gasteiger partial charge in [0.2, 0.25) is 0 Å². The van der Waals surface area contributed by atoms with Crippen LogP contribution in [0.2, 0.25) is 5.02 Å². The molecule has 0 bridgehead atoms. The molecule has 2 rings (SSSR count). The van der Waals surface area contributed by atoms with Gasteiger partial charge in [-0.05, 0) is 35.9 Å². The van der Waals surface area contributed by atoms with Gasteiger partial charge in [0.15, 0.2) is 0 Å². The maximum absolute atomic E-state index is 12.1. The van der Waals surface area contributed by atoms with Crippen molar-refractivity contribution in [2.45, 2.75) is 0 Å². The number of halogens is 1. The lowest BCUT2D eigenvalue weighted by molar-refractivity contribution is 0.102. The fourth-order valence-electron chi connectivity index (χ4n) is 1.53. The molecule has 2 aromatic rings. The first-order valence-corrected chi connectivity index (χ1v) is 5.79. The Balaban J connectivity index is 2.25. The van der Waals surface area contributed by atoms with Crippen molar-refractivity contribution >= 4 is 28.9 Å². The summed E-state index contributed by atoms with van der Waals surface area (Å²) in [5, 5.41) is 6.78. The second kappa shape index (κ2) is 5.91. The minimum Gasteiger partial charge on any atom is -0.322 e. The van der Waals surface area contributed by atoms with Gasteiger partial charge in [0.25, 0.3) is 5.91 Å². The van der Waals surface area contributed by atoms with Gasteiger partial charge in [0, 0.05) is 21.2 Å². The molecule has 0 aliphatic carbocycles. The number of rotatable bonds is 3. The zero-order valence-electron chi connectivity index (χ0n) is 9.75. The van der Waals surface area contributed by atoms with Gasteiger partial charge in [-0.1, -0.05) is 34.9 Å². The smallest absolute Gasteiger partial charge is 0.256 e. The Morgan fingerprint density at radius 2 is 1.84 bits per heavy atom. The maximum atomic E-state index is 12.1. The summed E-state index contributed by atoms with van der Waals surface area (Å²) in [6.07, 6.45) is 0. The summed E-state index contributed by atoms with van der Waals surface area (Å²) >= 11 is 5.76. The molecule has 0 spiro atoms. The molecule has 6 heteroatoms. The van der Waals surface area contributed by atoms with Gasteiger partial charge in [-0.25, -0.2) is 0 Å². The Kier molecular flexibility index (Phi) is 4.03. The van der Waals surface area contributed by atoms with E-state index in [4.69, 9.17) is 17.1 Å². The van der Waals surface area contributed by atoms with Gasteiger partial charge in [-0.2, -0.15) is 0 Å². The molecule has 0 atom stereocenters. The average Bonchev–Trinajstić information content (AvgIpc) is 2.42. The molecule has 0 aliphatic heterocycles. The van der Waals surface area contributed by atoms with Crippen LogP contribution < -0.4 is 5.32 Å². The van der Waals surface area contributed by atoms with E-state index in [2.05, 4.69) is 15.3 Å². The number of amides is 1. The molecule has 2 aromatic carbocycles. The lowest BCUT2D eigenvalue weighted by Gasteiger charge is -2.07. The predicted octanol–water partition coefficient (Wildman–Crippen LogP) is 4.53. The third-order valence-electron chi connectivity index (χ3n) is 2.40. The minimum atomic E-state index is -0.342. The van der Waals surface area contributed by atoms with Gasteiger partial charge < -0.3 is 5.32 Å². The largest absolute Gasteiger partial charge is 0.322 e. The van der Waals surface area contributed by atoms with Gasteiger partial charge in [-0.15, -0.1) is 0 Å². The lowest BCUT2D eigenvalue weighted by Crippen LogP contribution is -2.11. The summed E-state index contributed by atoms with van der Waals surface area (Å²) < 4.78 is 0. The Hall–Kier alpha value is -2.49. The van der Waals surface area contributed by atoms with Crippen molar-refractivity contribution in [3.05, 3.63) is 69.6 Å². The SMILES string of the molecule is [N-]=[N+]=Nc1ccccc1C(=O)Nc1ccc(Cl)cc1. The van der Waals surface area contributed by atoms with Crippen LogP contribution in [0.3, 0.4) is 0 Å². The van der Waals surface area contributed by atoms with Crippen LogP contribution in [0.5, 0.6) is 0 Å². The first-order chi connectivity index (χ1) is 9.20. The lowest BCUT2D eigenvalue weighted by atomic mass is 10.1. The van der Waals surface area contributed by atoms with Crippen molar-refractivity contribution in [1.82, 2.24) is 0 Å². The summed E-state index contributed by atoms with van der Waals surface area (Å²) in [7, 11) is 0. The van der Waals surface area contributed by atoms with Gasteiger partial charge >= 0.3 is 0 Å². The molecule has 0 fully saturated rings. The van der Waals surface area contributed by atoms with Crippen molar-refractivity contribution in [3.8, 4) is 0 Å². The highest BCUT2D eigenvalue weighted by atomic mass is 35.5. The number of carbonyl (C=O) groups excluding carboxylic acids is 1. The van der Waals surface area contributed by atoms with E-state index in [1.165, 1.54) is 0 Å². The van der Waals surface area contributed by atoms with Crippen molar-refractivity contribution in [1.29, 1.82) is 0 Å². The zero-order valence-corrected chi connectivity index (χ0v) is 10.5. The fraction of sp³-hybridized carbons (Fsp3) is 0. The van der Waals surface area contributed by atoms with Crippen LogP contribution in [0.4, 0.5) is 11.4 Å². The zero-order chi connectivity index (χ0) is 13.7. The molecule has 1 amide bonds. The summed E-state index contributed by atoms with van der Waals surface area (Å²) in [5.74, 6) is -0.342. The second-order valence-electron chi connectivity index (χ2n) is 3.67. The highest BCUT2D eigenvalue weighted by Crippen LogP contribution is 2.21. The van der Waals surface area contributed by atoms with Crippen molar-refractivity contribution in [2.24, 2.45) is 5.11 Å². The highest BCUT2D eigenvalue weighted by molar-refractivity contribution is 6.30. The first kappa shape index (κ1) is 13.0.